The van der Waals surface area contributed by atoms with Crippen LogP contribution >= 0.6 is 22.9 Å². The number of carbonyl (C=O) groups is 1. The highest BCUT2D eigenvalue weighted by Crippen LogP contribution is 2.25. The van der Waals surface area contributed by atoms with Gasteiger partial charge >= 0.3 is 0 Å². The van der Waals surface area contributed by atoms with Gasteiger partial charge in [0, 0.05) is 6.61 Å². The summed E-state index contributed by atoms with van der Waals surface area (Å²) < 4.78 is 6.31. The highest BCUT2D eigenvalue weighted by atomic mass is 35.5. The van der Waals surface area contributed by atoms with Crippen LogP contribution in [0.15, 0.2) is 36.4 Å². The third-order valence-electron chi connectivity index (χ3n) is 2.84. The monoisotopic (exact) mass is 310 g/mol. The van der Waals surface area contributed by atoms with E-state index < -0.39 is 6.10 Å². The Labute approximate surface area is 126 Å². The lowest BCUT2D eigenvalue weighted by Gasteiger charge is -2.15. The van der Waals surface area contributed by atoms with Crippen molar-refractivity contribution in [3.05, 3.63) is 51.2 Å². The van der Waals surface area contributed by atoms with Crippen LogP contribution in [0.1, 0.15) is 22.2 Å². The van der Waals surface area contributed by atoms with Gasteiger partial charge in [0.15, 0.2) is 6.10 Å². The summed E-state index contributed by atoms with van der Waals surface area (Å²) in [5.74, 6) is 0.533. The van der Waals surface area contributed by atoms with Crippen LogP contribution in [-0.4, -0.2) is 23.6 Å². The standard InChI is InChI=1S/C15H15ClO3S/c1-10(15(18)13-6-7-14(16)20-13)19-12-5-3-2-4-11(12)8-9-17/h2-7,10,17H,8-9H2,1H3. The Balaban J connectivity index is 2.11. The van der Waals surface area contributed by atoms with Crippen molar-refractivity contribution in [1.29, 1.82) is 0 Å². The number of rotatable bonds is 6. The van der Waals surface area contributed by atoms with Gasteiger partial charge in [0.05, 0.1) is 9.21 Å². The first-order valence-electron chi connectivity index (χ1n) is 6.27. The molecule has 0 aliphatic carbocycles. The van der Waals surface area contributed by atoms with E-state index in [0.717, 1.165) is 5.56 Å². The number of ether oxygens (including phenoxy) is 1. The Hall–Kier alpha value is -1.36. The van der Waals surface area contributed by atoms with E-state index in [-0.39, 0.29) is 12.4 Å². The first kappa shape index (κ1) is 15.0. The third kappa shape index (κ3) is 3.60. The molecule has 1 aromatic carbocycles. The van der Waals surface area contributed by atoms with Crippen LogP contribution in [0.5, 0.6) is 5.75 Å². The molecule has 2 rings (SSSR count). The number of carbonyl (C=O) groups excluding carboxylic acids is 1. The zero-order valence-corrected chi connectivity index (χ0v) is 12.6. The summed E-state index contributed by atoms with van der Waals surface area (Å²) in [6.45, 7) is 1.76. The van der Waals surface area contributed by atoms with E-state index in [2.05, 4.69) is 0 Å². The fraction of sp³-hybridized carbons (Fsp3) is 0.267. The number of hydrogen-bond acceptors (Lipinski definition) is 4. The predicted octanol–water partition coefficient (Wildman–Crippen LogP) is 3.59. The van der Waals surface area contributed by atoms with Gasteiger partial charge in [-0.2, -0.15) is 0 Å². The molecule has 0 saturated carbocycles. The average Bonchev–Trinajstić information content (AvgIpc) is 2.87. The Morgan fingerprint density at radius 3 is 2.75 bits per heavy atom. The second kappa shape index (κ2) is 6.88. The van der Waals surface area contributed by atoms with Crippen LogP contribution < -0.4 is 4.74 Å². The quantitative estimate of drug-likeness (QED) is 0.829. The average molecular weight is 311 g/mol. The van der Waals surface area contributed by atoms with E-state index in [1.165, 1.54) is 11.3 Å². The minimum Gasteiger partial charge on any atom is -0.482 e. The predicted molar refractivity (Wildman–Crippen MR) is 81.0 cm³/mol. The van der Waals surface area contributed by atoms with Gasteiger partial charge in [-0.15, -0.1) is 11.3 Å². The minimum atomic E-state index is -0.593. The van der Waals surface area contributed by atoms with Crippen LogP contribution in [0.3, 0.4) is 0 Å². The molecule has 1 heterocycles. The topological polar surface area (TPSA) is 46.5 Å². The molecule has 1 aromatic heterocycles. The van der Waals surface area contributed by atoms with Gasteiger partial charge in [0.1, 0.15) is 5.75 Å². The van der Waals surface area contributed by atoms with Crippen LogP contribution in [-0.2, 0) is 6.42 Å². The number of ketones is 1. The number of hydrogen-bond donors (Lipinski definition) is 1. The van der Waals surface area contributed by atoms with Crippen LogP contribution in [0.25, 0.3) is 0 Å². The smallest absolute Gasteiger partial charge is 0.212 e. The van der Waals surface area contributed by atoms with E-state index >= 15 is 0 Å². The highest BCUT2D eigenvalue weighted by molar-refractivity contribution is 7.18. The molecule has 1 N–H and O–H groups in total. The van der Waals surface area contributed by atoms with Gasteiger partial charge in [-0.1, -0.05) is 29.8 Å². The number of aliphatic hydroxyl groups is 1. The van der Waals surface area contributed by atoms with Crippen LogP contribution in [0, 0.1) is 0 Å². The molecule has 2 aromatic rings. The Kier molecular flexibility index (Phi) is 5.17. The van der Waals surface area contributed by atoms with Gasteiger partial charge in [0.25, 0.3) is 0 Å². The van der Waals surface area contributed by atoms with Crippen molar-refractivity contribution in [1.82, 2.24) is 0 Å². The van der Waals surface area contributed by atoms with Crippen molar-refractivity contribution < 1.29 is 14.6 Å². The number of aliphatic hydroxyl groups excluding tert-OH is 1. The molecule has 0 spiro atoms. The fourth-order valence-corrected chi connectivity index (χ4v) is 2.90. The lowest BCUT2D eigenvalue weighted by Crippen LogP contribution is -2.23. The zero-order valence-electron chi connectivity index (χ0n) is 11.0. The molecule has 1 unspecified atom stereocenters. The van der Waals surface area contributed by atoms with Gasteiger partial charge in [-0.05, 0) is 37.1 Å². The van der Waals surface area contributed by atoms with E-state index in [9.17, 15) is 4.79 Å². The van der Waals surface area contributed by atoms with Gasteiger partial charge < -0.3 is 9.84 Å². The van der Waals surface area contributed by atoms with Crippen LogP contribution in [0.4, 0.5) is 0 Å². The normalized spacial score (nSPS) is 12.2. The summed E-state index contributed by atoms with van der Waals surface area (Å²) in [5.41, 5.74) is 0.888. The maximum atomic E-state index is 12.2. The number of Topliss-reactive ketones (excluding diaryl/α,β-unsaturated/α-hetero) is 1. The molecule has 0 aliphatic rings. The molecular formula is C15H15ClO3S. The van der Waals surface area contributed by atoms with E-state index in [1.807, 2.05) is 18.2 Å². The van der Waals surface area contributed by atoms with E-state index in [4.69, 9.17) is 21.4 Å². The van der Waals surface area contributed by atoms with Crippen molar-refractivity contribution >= 4 is 28.7 Å². The number of para-hydroxylation sites is 1. The Bertz CT molecular complexity index is 594. The molecular weight excluding hydrogens is 296 g/mol. The number of halogens is 1. The summed E-state index contributed by atoms with van der Waals surface area (Å²) >= 11 is 7.08. The zero-order chi connectivity index (χ0) is 14.5. The molecule has 5 heteroatoms. The summed E-state index contributed by atoms with van der Waals surface area (Å²) in [6.07, 6.45) is -0.0911. The van der Waals surface area contributed by atoms with E-state index in [0.29, 0.717) is 21.4 Å². The Morgan fingerprint density at radius 1 is 1.35 bits per heavy atom. The highest BCUT2D eigenvalue weighted by Gasteiger charge is 2.19. The molecule has 0 fully saturated rings. The summed E-state index contributed by atoms with van der Waals surface area (Å²) in [5, 5.41) is 9.03. The second-order valence-electron chi connectivity index (χ2n) is 4.31. The molecule has 0 amide bonds. The van der Waals surface area contributed by atoms with Crippen molar-refractivity contribution in [2.24, 2.45) is 0 Å². The Morgan fingerprint density at radius 2 is 2.10 bits per heavy atom. The van der Waals surface area contributed by atoms with Crippen molar-refractivity contribution in [2.45, 2.75) is 19.4 Å². The van der Waals surface area contributed by atoms with E-state index in [1.54, 1.807) is 25.1 Å². The molecule has 0 saturated heterocycles. The molecule has 0 radical (unpaired) electrons. The third-order valence-corrected chi connectivity index (χ3v) is 4.09. The minimum absolute atomic E-state index is 0.0449. The summed E-state index contributed by atoms with van der Waals surface area (Å²) in [7, 11) is 0. The maximum absolute atomic E-state index is 12.2. The fourth-order valence-electron chi connectivity index (χ4n) is 1.84. The van der Waals surface area contributed by atoms with Gasteiger partial charge in [-0.3, -0.25) is 4.79 Å². The molecule has 0 aliphatic heterocycles. The van der Waals surface area contributed by atoms with Crippen molar-refractivity contribution in [3.8, 4) is 5.75 Å². The van der Waals surface area contributed by atoms with Gasteiger partial charge in [0.2, 0.25) is 5.78 Å². The molecule has 106 valence electrons. The molecule has 3 nitrogen and oxygen atoms in total. The molecule has 1 atom stereocenters. The molecule has 20 heavy (non-hydrogen) atoms. The summed E-state index contributed by atoms with van der Waals surface area (Å²) in [4.78, 5) is 12.8. The van der Waals surface area contributed by atoms with Crippen molar-refractivity contribution in [2.75, 3.05) is 6.61 Å². The summed E-state index contributed by atoms with van der Waals surface area (Å²) in [6, 6.07) is 10.8. The first-order chi connectivity index (χ1) is 9.61. The van der Waals surface area contributed by atoms with Gasteiger partial charge in [-0.25, -0.2) is 0 Å². The maximum Gasteiger partial charge on any atom is 0.212 e. The second-order valence-corrected chi connectivity index (χ2v) is 6.02. The molecule has 0 bridgehead atoms. The largest absolute Gasteiger partial charge is 0.482 e. The van der Waals surface area contributed by atoms with Crippen LogP contribution in [0.2, 0.25) is 4.34 Å². The SMILES string of the molecule is CC(Oc1ccccc1CCO)C(=O)c1ccc(Cl)s1. The number of thiophene rings is 1. The lowest BCUT2D eigenvalue weighted by molar-refractivity contribution is 0.0821. The first-order valence-corrected chi connectivity index (χ1v) is 7.46. The number of benzene rings is 1. The lowest BCUT2D eigenvalue weighted by atomic mass is 10.1. The van der Waals surface area contributed by atoms with Crippen molar-refractivity contribution in [3.63, 3.8) is 0 Å².